The molecule has 0 spiro atoms. The van der Waals surface area contributed by atoms with Crippen LogP contribution in [-0.4, -0.2) is 96.7 Å². The first-order valence-electron chi connectivity index (χ1n) is 42.5. The van der Waals surface area contributed by atoms with E-state index in [0.29, 0.717) is 25.7 Å². The standard InChI is InChI=1S/C82H160O17P2/c1-7-9-11-13-15-16-17-18-19-20-21-22-23-28-31-37-42-48-54-60-66-82(87)99-78(71-93-80(85)65-59-53-47-41-36-30-27-25-24-26-29-34-39-45-50-56-62-74(3)4)73-97-101(90,91)95-69-76(83)68-94-100(88,89)96-72-77(70-92-79(84)64-58-52-44-14-12-10-8-2)98-81(86)67-61-55-49-43-38-33-32-35-40-46-51-57-63-75(5)6/h74-78,83H,7-73H2,1-6H3,(H,88,89)(H,90,91)/t76-,77+,78+/m0/s1. The van der Waals surface area contributed by atoms with E-state index in [-0.39, 0.29) is 25.7 Å². The average molecular weight is 1480 g/mol. The molecule has 0 aromatic rings. The van der Waals surface area contributed by atoms with Gasteiger partial charge in [0.2, 0.25) is 0 Å². The summed E-state index contributed by atoms with van der Waals surface area (Å²) < 4.78 is 68.6. The van der Waals surface area contributed by atoms with Crippen molar-refractivity contribution in [1.29, 1.82) is 0 Å². The SMILES string of the molecule is CCCCCCCCCCCCCCCCCCCCCCC(=O)O[C@H](COC(=O)CCCCCCCCCCCCCCCCCCC(C)C)COP(=O)(O)OC[C@@H](O)COP(=O)(O)OC[C@@H](COC(=O)CCCCCCCCC)OC(=O)CCCCCCCCCCCCCCC(C)C. The molecule has 5 atom stereocenters. The molecule has 0 saturated carbocycles. The summed E-state index contributed by atoms with van der Waals surface area (Å²) in [5, 5.41) is 10.6. The smallest absolute Gasteiger partial charge is 0.462 e. The van der Waals surface area contributed by atoms with Crippen molar-refractivity contribution in [3.63, 3.8) is 0 Å². The van der Waals surface area contributed by atoms with Gasteiger partial charge in [0.1, 0.15) is 19.3 Å². The number of ether oxygens (including phenoxy) is 4. The summed E-state index contributed by atoms with van der Waals surface area (Å²) in [6.45, 7) is 9.64. The van der Waals surface area contributed by atoms with Crippen molar-refractivity contribution >= 4 is 39.5 Å². The quantitative estimate of drug-likeness (QED) is 0.0222. The molecule has 101 heavy (non-hydrogen) atoms. The van der Waals surface area contributed by atoms with Crippen molar-refractivity contribution in [3.8, 4) is 0 Å². The Morgan fingerprint density at radius 3 is 0.673 bits per heavy atom. The Labute approximate surface area is 619 Å². The molecule has 600 valence electrons. The Kier molecular flexibility index (Phi) is 72.2. The molecule has 0 aromatic carbocycles. The van der Waals surface area contributed by atoms with Gasteiger partial charge in [-0.3, -0.25) is 37.3 Å². The fraction of sp³-hybridized carbons (Fsp3) is 0.951. The molecule has 19 heteroatoms. The van der Waals surface area contributed by atoms with E-state index in [0.717, 1.165) is 115 Å². The lowest BCUT2D eigenvalue weighted by Gasteiger charge is -2.21. The van der Waals surface area contributed by atoms with Gasteiger partial charge in [0.05, 0.1) is 26.4 Å². The third-order valence-corrected chi connectivity index (χ3v) is 21.1. The van der Waals surface area contributed by atoms with Gasteiger partial charge in [0, 0.05) is 25.7 Å². The molecule has 0 radical (unpaired) electrons. The molecule has 0 fully saturated rings. The van der Waals surface area contributed by atoms with Crippen molar-refractivity contribution in [2.24, 2.45) is 11.8 Å². The Balaban J connectivity index is 5.17. The highest BCUT2D eigenvalue weighted by molar-refractivity contribution is 7.47. The number of phosphoric acid groups is 2. The molecule has 2 unspecified atom stereocenters. The zero-order chi connectivity index (χ0) is 74.2. The van der Waals surface area contributed by atoms with Crippen LogP contribution in [0.15, 0.2) is 0 Å². The molecule has 0 aromatic heterocycles. The van der Waals surface area contributed by atoms with Gasteiger partial charge < -0.3 is 33.8 Å². The van der Waals surface area contributed by atoms with Crippen LogP contribution < -0.4 is 0 Å². The highest BCUT2D eigenvalue weighted by Crippen LogP contribution is 2.45. The molecule has 3 N–H and O–H groups in total. The number of carbonyl (C=O) groups is 4. The van der Waals surface area contributed by atoms with Crippen LogP contribution in [0.1, 0.15) is 433 Å². The molecular weight excluding hydrogens is 1320 g/mol. The third kappa shape index (κ3) is 76.1. The second-order valence-corrected chi connectivity index (χ2v) is 33.4. The normalized spacial score (nSPS) is 13.9. The van der Waals surface area contributed by atoms with Crippen LogP contribution in [0.25, 0.3) is 0 Å². The summed E-state index contributed by atoms with van der Waals surface area (Å²) in [4.78, 5) is 72.9. The van der Waals surface area contributed by atoms with Crippen LogP contribution in [0.4, 0.5) is 0 Å². The Bertz CT molecular complexity index is 1940. The van der Waals surface area contributed by atoms with Crippen LogP contribution >= 0.6 is 15.6 Å². The van der Waals surface area contributed by atoms with E-state index in [4.69, 9.17) is 37.0 Å². The van der Waals surface area contributed by atoms with E-state index in [1.54, 1.807) is 0 Å². The molecule has 0 aliphatic rings. The van der Waals surface area contributed by atoms with Crippen molar-refractivity contribution in [2.45, 2.75) is 452 Å². The van der Waals surface area contributed by atoms with Crippen LogP contribution in [0.2, 0.25) is 0 Å². The first-order valence-corrected chi connectivity index (χ1v) is 45.5. The summed E-state index contributed by atoms with van der Waals surface area (Å²) in [5.74, 6) is -0.523. The number of unbranched alkanes of at least 4 members (excludes halogenated alkanes) is 51. The minimum absolute atomic E-state index is 0.107. The number of carbonyl (C=O) groups excluding carboxylic acids is 4. The monoisotopic (exact) mass is 1480 g/mol. The predicted octanol–water partition coefficient (Wildman–Crippen LogP) is 24.7. The molecule has 0 heterocycles. The molecule has 0 amide bonds. The van der Waals surface area contributed by atoms with E-state index in [9.17, 15) is 43.2 Å². The van der Waals surface area contributed by atoms with Gasteiger partial charge in [-0.15, -0.1) is 0 Å². The zero-order valence-corrected chi connectivity index (χ0v) is 68.0. The van der Waals surface area contributed by atoms with Gasteiger partial charge in [-0.1, -0.05) is 382 Å². The van der Waals surface area contributed by atoms with Gasteiger partial charge >= 0.3 is 39.5 Å². The molecule has 0 rings (SSSR count). The number of hydrogen-bond donors (Lipinski definition) is 3. The van der Waals surface area contributed by atoms with E-state index in [2.05, 4.69) is 41.5 Å². The maximum Gasteiger partial charge on any atom is 0.472 e. The van der Waals surface area contributed by atoms with Crippen LogP contribution in [0.5, 0.6) is 0 Å². The van der Waals surface area contributed by atoms with Crippen LogP contribution in [-0.2, 0) is 65.4 Å². The third-order valence-electron chi connectivity index (χ3n) is 19.2. The lowest BCUT2D eigenvalue weighted by molar-refractivity contribution is -0.161. The predicted molar refractivity (Wildman–Crippen MR) is 414 cm³/mol. The number of phosphoric ester groups is 2. The lowest BCUT2D eigenvalue weighted by atomic mass is 10.0. The minimum atomic E-state index is -4.96. The summed E-state index contributed by atoms with van der Waals surface area (Å²) in [6, 6.07) is 0. The minimum Gasteiger partial charge on any atom is -0.462 e. The zero-order valence-electron chi connectivity index (χ0n) is 66.2. The molecular formula is C82H160O17P2. The fourth-order valence-electron chi connectivity index (χ4n) is 12.7. The van der Waals surface area contributed by atoms with Gasteiger partial charge in [0.15, 0.2) is 12.2 Å². The van der Waals surface area contributed by atoms with E-state index in [1.165, 1.54) is 238 Å². The van der Waals surface area contributed by atoms with Crippen molar-refractivity contribution in [3.05, 3.63) is 0 Å². The second kappa shape index (κ2) is 73.6. The van der Waals surface area contributed by atoms with Crippen molar-refractivity contribution < 1.29 is 80.2 Å². The van der Waals surface area contributed by atoms with E-state index < -0.39 is 97.5 Å². The summed E-state index contributed by atoms with van der Waals surface area (Å²) >= 11 is 0. The van der Waals surface area contributed by atoms with Gasteiger partial charge in [-0.2, -0.15) is 0 Å². The number of hydrogen-bond acceptors (Lipinski definition) is 15. The van der Waals surface area contributed by atoms with Crippen LogP contribution in [0.3, 0.4) is 0 Å². The van der Waals surface area contributed by atoms with Gasteiger partial charge in [-0.25, -0.2) is 9.13 Å². The van der Waals surface area contributed by atoms with Crippen molar-refractivity contribution in [2.75, 3.05) is 39.6 Å². The van der Waals surface area contributed by atoms with Crippen molar-refractivity contribution in [1.82, 2.24) is 0 Å². The average Bonchev–Trinajstić information content (AvgIpc) is 1.32. The fourth-order valence-corrected chi connectivity index (χ4v) is 14.3. The first kappa shape index (κ1) is 99.1. The van der Waals surface area contributed by atoms with Crippen LogP contribution in [0, 0.1) is 11.8 Å². The summed E-state index contributed by atoms with van der Waals surface area (Å²) in [6.07, 6.45) is 64.1. The molecule has 17 nitrogen and oxygen atoms in total. The van der Waals surface area contributed by atoms with E-state index in [1.807, 2.05) is 0 Å². The maximum absolute atomic E-state index is 13.1. The Hall–Kier alpha value is -1.94. The maximum atomic E-state index is 13.1. The number of rotatable bonds is 81. The molecule has 0 saturated heterocycles. The first-order chi connectivity index (χ1) is 48.9. The number of esters is 4. The van der Waals surface area contributed by atoms with Gasteiger partial charge in [-0.05, 0) is 37.5 Å². The summed E-state index contributed by atoms with van der Waals surface area (Å²) in [5.41, 5.74) is 0. The second-order valence-electron chi connectivity index (χ2n) is 30.5. The number of aliphatic hydroxyl groups excluding tert-OH is 1. The number of aliphatic hydroxyl groups is 1. The summed E-state index contributed by atoms with van der Waals surface area (Å²) in [7, 11) is -9.92. The molecule has 0 aliphatic heterocycles. The largest absolute Gasteiger partial charge is 0.472 e. The Morgan fingerprint density at radius 2 is 0.455 bits per heavy atom. The molecule has 0 bridgehead atoms. The highest BCUT2D eigenvalue weighted by atomic mass is 31.2. The van der Waals surface area contributed by atoms with Gasteiger partial charge in [0.25, 0.3) is 0 Å². The Morgan fingerprint density at radius 1 is 0.267 bits per heavy atom. The topological polar surface area (TPSA) is 237 Å². The lowest BCUT2D eigenvalue weighted by Crippen LogP contribution is -2.30. The molecule has 0 aliphatic carbocycles. The van der Waals surface area contributed by atoms with E-state index >= 15 is 0 Å². The highest BCUT2D eigenvalue weighted by Gasteiger charge is 2.30.